The Bertz CT molecular complexity index is 149. The van der Waals surface area contributed by atoms with Crippen molar-refractivity contribution >= 4 is 6.29 Å². The van der Waals surface area contributed by atoms with Crippen LogP contribution in [0, 0.1) is 0 Å². The number of nitrogens with one attached hydrogen (secondary N) is 1. The smallest absolute Gasteiger partial charge is 0.0119 e. The molecule has 1 radical (unpaired) electrons. The summed E-state index contributed by atoms with van der Waals surface area (Å²) in [6.45, 7) is 0. The van der Waals surface area contributed by atoms with Gasteiger partial charge in [-0.25, -0.2) is 5.10 Å². The zero-order valence-corrected chi connectivity index (χ0v) is 4.88. The van der Waals surface area contributed by atoms with Gasteiger partial charge in [-0.05, 0) is 6.20 Å². The summed E-state index contributed by atoms with van der Waals surface area (Å²) < 4.78 is 0. The molecule has 0 amide bonds. The van der Waals surface area contributed by atoms with E-state index in [2.05, 4.69) is 10.2 Å². The van der Waals surface area contributed by atoms with Crippen LogP contribution in [0.3, 0.4) is 0 Å². The van der Waals surface area contributed by atoms with Gasteiger partial charge in [-0.3, -0.25) is 0 Å². The summed E-state index contributed by atoms with van der Waals surface area (Å²) in [5, 5.41) is 5.92. The Morgan fingerprint density at radius 2 is 2.50 bits per heavy atom. The van der Waals surface area contributed by atoms with Crippen molar-refractivity contribution in [2.75, 3.05) is 0 Å². The van der Waals surface area contributed by atoms with Crippen LogP contribution in [0.15, 0.2) is 12.3 Å². The third kappa shape index (κ3) is 1.47. The minimum absolute atomic E-state index is 0. The van der Waals surface area contributed by atoms with E-state index >= 15 is 0 Å². The van der Waals surface area contributed by atoms with Gasteiger partial charge in [-0.1, -0.05) is 5.69 Å². The average Bonchev–Trinajstić information content (AvgIpc) is 2.14. The second-order valence-corrected chi connectivity index (χ2v) is 1.07. The van der Waals surface area contributed by atoms with Crippen molar-refractivity contribution in [1.82, 2.24) is 10.2 Å². The molecule has 0 spiro atoms. The van der Waals surface area contributed by atoms with E-state index in [9.17, 15) is 4.79 Å². The number of nitrogens with zero attached hydrogens (tertiary/aromatic N) is 1. The van der Waals surface area contributed by atoms with Gasteiger partial charge in [0.2, 0.25) is 0 Å². The summed E-state index contributed by atoms with van der Waals surface area (Å²) in [6, 6.07) is 1.55. The fourth-order valence-corrected chi connectivity index (χ4v) is 0.313. The van der Waals surface area contributed by atoms with E-state index < -0.39 is 0 Å². The summed E-state index contributed by atoms with van der Waals surface area (Å²) >= 11 is 0. The Labute approximate surface area is 56.7 Å². The quantitative estimate of drug-likeness (QED) is 0.572. The van der Waals surface area contributed by atoms with E-state index in [0.29, 0.717) is 5.69 Å². The predicted molar refractivity (Wildman–Crippen MR) is 23.4 cm³/mol. The first-order chi connectivity index (χ1) is 3.43. The third-order valence-corrected chi connectivity index (χ3v) is 0.611. The molecule has 8 heavy (non-hydrogen) atoms. The minimum Gasteiger partial charge on any atom is -0.417 e. The molecule has 0 aromatic carbocycles. The summed E-state index contributed by atoms with van der Waals surface area (Å²) in [7, 11) is 0. The summed E-state index contributed by atoms with van der Waals surface area (Å²) in [4.78, 5) is 9.67. The van der Waals surface area contributed by atoms with Crippen LogP contribution >= 0.6 is 0 Å². The fraction of sp³-hybridized carbons (Fsp3) is 0. The molecule has 0 aliphatic carbocycles. The first kappa shape index (κ1) is 7.39. The predicted octanol–water partition coefficient (Wildman–Crippen LogP) is -0.135. The number of hydrogen-bond donors (Lipinski definition) is 1. The molecular weight excluding hydrogens is 151 g/mol. The second-order valence-electron chi connectivity index (χ2n) is 1.07. The molecule has 1 N–H and O–H groups in total. The number of aromatic nitrogens is 2. The van der Waals surface area contributed by atoms with E-state index in [-0.39, 0.29) is 16.8 Å². The van der Waals surface area contributed by atoms with Crippen LogP contribution in [0.4, 0.5) is 0 Å². The molecular formula is C4H3CoN2O-. The molecule has 1 rings (SSSR count). The van der Waals surface area contributed by atoms with Gasteiger partial charge in [0.15, 0.2) is 0 Å². The molecule has 45 valence electrons. The molecule has 0 fully saturated rings. The molecule has 0 aliphatic rings. The van der Waals surface area contributed by atoms with Crippen molar-refractivity contribution in [3.05, 3.63) is 18.0 Å². The van der Waals surface area contributed by atoms with Crippen molar-refractivity contribution in [2.45, 2.75) is 0 Å². The minimum atomic E-state index is 0. The molecule has 1 aromatic rings. The molecule has 3 nitrogen and oxygen atoms in total. The van der Waals surface area contributed by atoms with Gasteiger partial charge < -0.3 is 9.89 Å². The molecule has 1 aromatic heterocycles. The SMILES string of the molecule is O=[C-]c1ccn[nH]1.[Co]. The van der Waals surface area contributed by atoms with Crippen molar-refractivity contribution in [3.63, 3.8) is 0 Å². The zero-order valence-electron chi connectivity index (χ0n) is 3.84. The van der Waals surface area contributed by atoms with Crippen molar-refractivity contribution in [3.8, 4) is 0 Å². The Kier molecular flexibility index (Phi) is 3.14. The summed E-state index contributed by atoms with van der Waals surface area (Å²) in [5.41, 5.74) is 0.389. The van der Waals surface area contributed by atoms with Gasteiger partial charge in [-0.15, -0.1) is 0 Å². The summed E-state index contributed by atoms with van der Waals surface area (Å²) in [6.07, 6.45) is 3.14. The Balaban J connectivity index is 0.000000490. The Morgan fingerprint density at radius 3 is 2.75 bits per heavy atom. The van der Waals surface area contributed by atoms with E-state index in [1.807, 2.05) is 0 Å². The molecule has 0 saturated heterocycles. The Hall–Kier alpha value is -0.614. The van der Waals surface area contributed by atoms with Gasteiger partial charge in [0.25, 0.3) is 0 Å². The molecule has 4 heteroatoms. The van der Waals surface area contributed by atoms with Crippen LogP contribution in [0.1, 0.15) is 5.69 Å². The van der Waals surface area contributed by atoms with E-state index in [4.69, 9.17) is 0 Å². The second kappa shape index (κ2) is 3.40. The van der Waals surface area contributed by atoms with Crippen LogP contribution in [0.25, 0.3) is 0 Å². The average molecular weight is 154 g/mol. The zero-order chi connectivity index (χ0) is 5.11. The first-order valence-electron chi connectivity index (χ1n) is 1.81. The maximum absolute atomic E-state index is 9.67. The van der Waals surface area contributed by atoms with Crippen molar-refractivity contribution in [1.29, 1.82) is 0 Å². The van der Waals surface area contributed by atoms with E-state index in [1.54, 1.807) is 12.4 Å². The van der Waals surface area contributed by atoms with Gasteiger partial charge in [0.05, 0.1) is 0 Å². The number of hydrogen-bond acceptors (Lipinski definition) is 2. The molecule has 0 bridgehead atoms. The van der Waals surface area contributed by atoms with Crippen LogP contribution in [0.2, 0.25) is 0 Å². The van der Waals surface area contributed by atoms with Crippen LogP contribution in [-0.4, -0.2) is 16.5 Å². The van der Waals surface area contributed by atoms with Crippen molar-refractivity contribution in [2.24, 2.45) is 0 Å². The third-order valence-electron chi connectivity index (χ3n) is 0.611. The Morgan fingerprint density at radius 1 is 1.75 bits per heavy atom. The molecule has 1 heterocycles. The van der Waals surface area contributed by atoms with E-state index in [1.165, 1.54) is 6.20 Å². The topological polar surface area (TPSA) is 45.8 Å². The number of carbonyl (C=O) groups excluding carboxylic acids is 1. The molecule has 0 atom stereocenters. The maximum atomic E-state index is 9.67. The number of H-pyrrole nitrogens is 1. The van der Waals surface area contributed by atoms with Crippen molar-refractivity contribution < 1.29 is 21.6 Å². The number of rotatable bonds is 1. The maximum Gasteiger partial charge on any atom is 0.0119 e. The van der Waals surface area contributed by atoms with Crippen LogP contribution in [-0.2, 0) is 21.6 Å². The fourth-order valence-electron chi connectivity index (χ4n) is 0.313. The monoisotopic (exact) mass is 154 g/mol. The molecule has 0 saturated carbocycles. The molecule has 0 unspecified atom stereocenters. The normalized spacial score (nSPS) is 7.50. The van der Waals surface area contributed by atoms with Gasteiger partial charge in [-0.2, -0.15) is 6.07 Å². The van der Waals surface area contributed by atoms with Crippen LogP contribution in [0.5, 0.6) is 0 Å². The standard InChI is InChI=1S/C4H3N2O.Co/c7-3-4-1-2-5-6-4;/h1-2H,(H,5,6);/q-1;. The summed E-state index contributed by atoms with van der Waals surface area (Å²) in [5.74, 6) is 0. The molecule has 0 aliphatic heterocycles. The number of aromatic amines is 1. The van der Waals surface area contributed by atoms with Gasteiger partial charge >= 0.3 is 0 Å². The van der Waals surface area contributed by atoms with Gasteiger partial charge in [0, 0.05) is 23.1 Å². The first-order valence-corrected chi connectivity index (χ1v) is 1.81. The van der Waals surface area contributed by atoms with E-state index in [0.717, 1.165) is 0 Å². The van der Waals surface area contributed by atoms with Crippen LogP contribution < -0.4 is 0 Å². The van der Waals surface area contributed by atoms with Gasteiger partial charge in [0.1, 0.15) is 0 Å². The largest absolute Gasteiger partial charge is 0.417 e.